The molecule has 198 valence electrons. The zero-order valence-corrected chi connectivity index (χ0v) is 22.6. The van der Waals surface area contributed by atoms with Gasteiger partial charge < -0.3 is 29.4 Å². The summed E-state index contributed by atoms with van der Waals surface area (Å²) < 4.78 is 8.85. The van der Waals surface area contributed by atoms with Gasteiger partial charge in [0.05, 0.1) is 17.6 Å². The van der Waals surface area contributed by atoms with Gasteiger partial charge >= 0.3 is 0 Å². The number of aromatic nitrogens is 3. The van der Waals surface area contributed by atoms with E-state index < -0.39 is 11.9 Å². The molecule has 9 nitrogen and oxygen atoms in total. The van der Waals surface area contributed by atoms with Gasteiger partial charge in [-0.1, -0.05) is 41.9 Å². The van der Waals surface area contributed by atoms with Crippen molar-refractivity contribution >= 4 is 38.9 Å². The van der Waals surface area contributed by atoms with E-state index in [0.717, 1.165) is 57.8 Å². The van der Waals surface area contributed by atoms with Gasteiger partial charge in [0.25, 0.3) is 0 Å². The average Bonchev–Trinajstić information content (AvgIpc) is 3.31. The van der Waals surface area contributed by atoms with Crippen LogP contribution in [0.2, 0.25) is 0 Å². The van der Waals surface area contributed by atoms with Crippen LogP contribution in [0.5, 0.6) is 5.75 Å². The molecular weight excluding hydrogens is 552 g/mol. The van der Waals surface area contributed by atoms with E-state index in [-0.39, 0.29) is 0 Å². The Balaban J connectivity index is 0.000000436. The molecular formula is C28H27BrN4O5-2. The first-order valence-electron chi connectivity index (χ1n) is 12.0. The van der Waals surface area contributed by atoms with Crippen molar-refractivity contribution in [2.75, 3.05) is 26.2 Å². The highest BCUT2D eigenvalue weighted by molar-refractivity contribution is 9.10. The molecule has 0 aliphatic rings. The zero-order chi connectivity index (χ0) is 27.5. The number of carbonyl (C=O) groups is 2. The Morgan fingerprint density at radius 2 is 1.61 bits per heavy atom. The minimum atomic E-state index is -1.55. The number of carbonyl (C=O) groups excluding carboxylic acids is 2. The number of ether oxygens (including phenoxy) is 1. The fourth-order valence-corrected chi connectivity index (χ4v) is 3.87. The second-order valence-electron chi connectivity index (χ2n) is 7.98. The van der Waals surface area contributed by atoms with Gasteiger partial charge in [-0.05, 0) is 73.8 Å². The van der Waals surface area contributed by atoms with Crippen molar-refractivity contribution < 1.29 is 24.5 Å². The maximum Gasteiger partial charge on any atom is 0.163 e. The molecule has 0 bridgehead atoms. The van der Waals surface area contributed by atoms with Crippen molar-refractivity contribution in [3.8, 4) is 22.7 Å². The number of hydrogen-bond donors (Lipinski definition) is 0. The number of carboxylic acid groups (broad SMARTS) is 2. The lowest BCUT2D eigenvalue weighted by molar-refractivity contribution is -0.301. The van der Waals surface area contributed by atoms with E-state index in [2.05, 4.69) is 57.9 Å². The molecule has 0 amide bonds. The minimum absolute atomic E-state index is 0.384. The molecule has 2 aromatic heterocycles. The third-order valence-corrected chi connectivity index (χ3v) is 6.10. The standard InChI is InChI=1S/C24H25BrN4O.C4H4O4/c1-3-28(4-2)16-17-30-21-13-11-20(12-14-21)29-24-22(6-5-15-26-24)23(27-29)18-7-9-19(25)10-8-18;5-3(6)1-2-4(7)8/h5-15H,3-4,16-17H2,1-2H3;1-2H,(H,5,6)(H,7,8)/p-2/b;2-1-. The molecule has 0 saturated carbocycles. The van der Waals surface area contributed by atoms with Crippen LogP contribution >= 0.6 is 15.9 Å². The van der Waals surface area contributed by atoms with E-state index in [0.29, 0.717) is 18.8 Å². The van der Waals surface area contributed by atoms with Gasteiger partial charge in [0.2, 0.25) is 0 Å². The van der Waals surface area contributed by atoms with Crippen LogP contribution < -0.4 is 14.9 Å². The van der Waals surface area contributed by atoms with E-state index in [9.17, 15) is 19.8 Å². The monoisotopic (exact) mass is 578 g/mol. The van der Waals surface area contributed by atoms with Gasteiger partial charge in [0, 0.05) is 28.2 Å². The van der Waals surface area contributed by atoms with E-state index in [1.54, 1.807) is 6.20 Å². The highest BCUT2D eigenvalue weighted by atomic mass is 79.9. The van der Waals surface area contributed by atoms with Crippen LogP contribution in [0.4, 0.5) is 0 Å². The normalized spacial score (nSPS) is 10.9. The third kappa shape index (κ3) is 7.99. The van der Waals surface area contributed by atoms with Crippen LogP contribution in [0, 0.1) is 0 Å². The van der Waals surface area contributed by atoms with Crippen molar-refractivity contribution in [1.29, 1.82) is 0 Å². The second kappa shape index (κ2) is 14.1. The fourth-order valence-electron chi connectivity index (χ4n) is 3.60. The average molecular weight is 579 g/mol. The SMILES string of the molecule is CCN(CC)CCOc1ccc(-n2nc(-c3ccc(Br)cc3)c3cccnc32)cc1.O=C([O-])/C=C\C(=O)[O-]. The molecule has 0 fully saturated rings. The Bertz CT molecular complexity index is 1360. The van der Waals surface area contributed by atoms with E-state index in [1.807, 2.05) is 47.1 Å². The van der Waals surface area contributed by atoms with Crippen LogP contribution in [0.3, 0.4) is 0 Å². The molecule has 0 radical (unpaired) electrons. The molecule has 4 aromatic rings. The summed E-state index contributed by atoms with van der Waals surface area (Å²) >= 11 is 3.50. The quantitative estimate of drug-likeness (QED) is 0.263. The van der Waals surface area contributed by atoms with Crippen molar-refractivity contribution in [3.63, 3.8) is 0 Å². The summed E-state index contributed by atoms with van der Waals surface area (Å²) in [6.07, 6.45) is 2.57. The van der Waals surface area contributed by atoms with Gasteiger partial charge in [0.15, 0.2) is 5.65 Å². The first kappa shape index (κ1) is 28.5. The predicted molar refractivity (Wildman–Crippen MR) is 144 cm³/mol. The van der Waals surface area contributed by atoms with Gasteiger partial charge in [0.1, 0.15) is 18.1 Å². The van der Waals surface area contributed by atoms with Crippen LogP contribution in [-0.2, 0) is 9.59 Å². The first-order chi connectivity index (χ1) is 18.3. The number of rotatable bonds is 10. The molecule has 0 spiro atoms. The maximum atomic E-state index is 9.41. The summed E-state index contributed by atoms with van der Waals surface area (Å²) in [6.45, 7) is 8.03. The number of hydrogen-bond acceptors (Lipinski definition) is 8. The molecule has 10 heteroatoms. The maximum absolute atomic E-state index is 9.41. The number of pyridine rings is 1. The topological polar surface area (TPSA) is 123 Å². The van der Waals surface area contributed by atoms with Crippen LogP contribution in [0.15, 0.2) is 83.5 Å². The second-order valence-corrected chi connectivity index (χ2v) is 8.90. The van der Waals surface area contributed by atoms with Crippen molar-refractivity contribution in [2.24, 2.45) is 0 Å². The fraction of sp³-hybridized carbons (Fsp3) is 0.214. The predicted octanol–water partition coefficient (Wildman–Crippen LogP) is 2.61. The van der Waals surface area contributed by atoms with E-state index >= 15 is 0 Å². The molecule has 0 atom stereocenters. The lowest BCUT2D eigenvalue weighted by Crippen LogP contribution is -2.27. The lowest BCUT2D eigenvalue weighted by atomic mass is 10.1. The number of carboxylic acids is 2. The molecule has 0 aliphatic carbocycles. The zero-order valence-electron chi connectivity index (χ0n) is 21.0. The van der Waals surface area contributed by atoms with Crippen LogP contribution in [-0.4, -0.2) is 57.8 Å². The number of nitrogens with zero attached hydrogens (tertiary/aromatic N) is 4. The molecule has 0 aliphatic heterocycles. The van der Waals surface area contributed by atoms with Crippen molar-refractivity contribution in [1.82, 2.24) is 19.7 Å². The number of benzene rings is 2. The highest BCUT2D eigenvalue weighted by Crippen LogP contribution is 2.29. The molecule has 0 unspecified atom stereocenters. The molecule has 2 heterocycles. The van der Waals surface area contributed by atoms with Crippen LogP contribution in [0.25, 0.3) is 28.0 Å². The summed E-state index contributed by atoms with van der Waals surface area (Å²) in [7, 11) is 0. The van der Waals surface area contributed by atoms with E-state index in [4.69, 9.17) is 9.84 Å². The number of aliphatic carboxylic acids is 2. The molecule has 0 N–H and O–H groups in total. The van der Waals surface area contributed by atoms with E-state index in [1.165, 1.54) is 0 Å². The summed E-state index contributed by atoms with van der Waals surface area (Å²) in [5, 5.41) is 24.7. The Labute approximate surface area is 229 Å². The largest absolute Gasteiger partial charge is 0.545 e. The summed E-state index contributed by atoms with van der Waals surface area (Å²) in [5.41, 5.74) is 3.78. The summed E-state index contributed by atoms with van der Waals surface area (Å²) in [6, 6.07) is 20.2. The summed E-state index contributed by atoms with van der Waals surface area (Å²) in [4.78, 5) is 25.8. The Morgan fingerprint density at radius 1 is 0.974 bits per heavy atom. The van der Waals surface area contributed by atoms with Gasteiger partial charge in [-0.3, -0.25) is 0 Å². The smallest absolute Gasteiger partial charge is 0.163 e. The van der Waals surface area contributed by atoms with Gasteiger partial charge in [-0.25, -0.2) is 9.67 Å². The molecule has 0 saturated heterocycles. The van der Waals surface area contributed by atoms with Gasteiger partial charge in [-0.2, -0.15) is 5.10 Å². The molecule has 38 heavy (non-hydrogen) atoms. The molecule has 2 aromatic carbocycles. The van der Waals surface area contributed by atoms with Gasteiger partial charge in [-0.15, -0.1) is 0 Å². The number of fused-ring (bicyclic) bond motifs is 1. The van der Waals surface area contributed by atoms with Crippen molar-refractivity contribution in [3.05, 3.63) is 83.5 Å². The van der Waals surface area contributed by atoms with Crippen LogP contribution in [0.1, 0.15) is 13.8 Å². The Kier molecular flexibility index (Phi) is 10.6. The number of halogens is 1. The number of likely N-dealkylation sites (N-methyl/N-ethyl adjacent to an activating group) is 1. The Morgan fingerprint density at radius 3 is 2.18 bits per heavy atom. The minimum Gasteiger partial charge on any atom is -0.545 e. The highest BCUT2D eigenvalue weighted by Gasteiger charge is 2.14. The third-order valence-electron chi connectivity index (χ3n) is 5.57. The molecule has 4 rings (SSSR count). The lowest BCUT2D eigenvalue weighted by Gasteiger charge is -2.18. The van der Waals surface area contributed by atoms with Crippen molar-refractivity contribution in [2.45, 2.75) is 13.8 Å². The summed E-state index contributed by atoms with van der Waals surface area (Å²) in [5.74, 6) is -2.23. The Hall–Kier alpha value is -4.02. The first-order valence-corrected chi connectivity index (χ1v) is 12.8.